The van der Waals surface area contributed by atoms with E-state index in [1.54, 1.807) is 7.11 Å². The van der Waals surface area contributed by atoms with Crippen LogP contribution in [0.2, 0.25) is 0 Å². The first-order chi connectivity index (χ1) is 8.79. The number of nitrogens with one attached hydrogen (secondary N) is 1. The molecule has 1 heterocycles. The van der Waals surface area contributed by atoms with E-state index >= 15 is 0 Å². The molecule has 0 atom stereocenters. The molecule has 0 unspecified atom stereocenters. The molecule has 4 nitrogen and oxygen atoms in total. The van der Waals surface area contributed by atoms with E-state index in [-0.39, 0.29) is 0 Å². The maximum atomic E-state index is 5.35. The van der Waals surface area contributed by atoms with Crippen LogP contribution in [0.15, 0.2) is 18.2 Å². The van der Waals surface area contributed by atoms with Crippen LogP contribution in [-0.4, -0.2) is 51.4 Å². The average Bonchev–Trinajstić information content (AvgIpc) is 2.40. The summed E-state index contributed by atoms with van der Waals surface area (Å²) in [4.78, 5) is 2.42. The van der Waals surface area contributed by atoms with Crippen LogP contribution < -0.4 is 10.1 Å². The molecule has 1 aromatic rings. The number of aryl methyl sites for hydroxylation is 1. The van der Waals surface area contributed by atoms with E-state index in [2.05, 4.69) is 29.3 Å². The molecule has 1 saturated heterocycles. The first kappa shape index (κ1) is 13.2. The van der Waals surface area contributed by atoms with Gasteiger partial charge in [0.05, 0.1) is 26.0 Å². The molecular formula is C14H22N2O2. The monoisotopic (exact) mass is 250 g/mol. The summed E-state index contributed by atoms with van der Waals surface area (Å²) < 4.78 is 10.7. The van der Waals surface area contributed by atoms with Crippen LogP contribution >= 0.6 is 0 Å². The number of anilines is 1. The number of morpholine rings is 1. The minimum absolute atomic E-state index is 0.855. The van der Waals surface area contributed by atoms with Crippen molar-refractivity contribution >= 4 is 5.69 Å². The van der Waals surface area contributed by atoms with Crippen molar-refractivity contribution in [1.82, 2.24) is 4.90 Å². The first-order valence-electron chi connectivity index (χ1n) is 6.48. The number of nitrogens with zero attached hydrogens (tertiary/aromatic N) is 1. The van der Waals surface area contributed by atoms with E-state index in [1.165, 1.54) is 5.56 Å². The van der Waals surface area contributed by atoms with Crippen LogP contribution in [0.3, 0.4) is 0 Å². The molecule has 0 radical (unpaired) electrons. The Hall–Kier alpha value is -1.26. The predicted molar refractivity (Wildman–Crippen MR) is 73.5 cm³/mol. The van der Waals surface area contributed by atoms with Gasteiger partial charge >= 0.3 is 0 Å². The highest BCUT2D eigenvalue weighted by Gasteiger charge is 2.09. The summed E-state index contributed by atoms with van der Waals surface area (Å²) in [6.07, 6.45) is 0. The van der Waals surface area contributed by atoms with Crippen molar-refractivity contribution < 1.29 is 9.47 Å². The number of hydrogen-bond donors (Lipinski definition) is 1. The molecule has 4 heteroatoms. The second-order valence-electron chi connectivity index (χ2n) is 4.58. The highest BCUT2D eigenvalue weighted by molar-refractivity contribution is 5.57. The number of methoxy groups -OCH3 is 1. The van der Waals surface area contributed by atoms with Crippen molar-refractivity contribution in [2.75, 3.05) is 51.8 Å². The third-order valence-corrected chi connectivity index (χ3v) is 3.20. The fourth-order valence-corrected chi connectivity index (χ4v) is 2.13. The molecular weight excluding hydrogens is 228 g/mol. The molecule has 0 saturated carbocycles. The first-order valence-corrected chi connectivity index (χ1v) is 6.48. The third kappa shape index (κ3) is 3.62. The third-order valence-electron chi connectivity index (χ3n) is 3.20. The van der Waals surface area contributed by atoms with Gasteiger partial charge in [0.1, 0.15) is 5.75 Å². The number of rotatable bonds is 5. The fourth-order valence-electron chi connectivity index (χ4n) is 2.13. The van der Waals surface area contributed by atoms with E-state index in [4.69, 9.17) is 9.47 Å². The Morgan fingerprint density at radius 1 is 1.33 bits per heavy atom. The quantitative estimate of drug-likeness (QED) is 0.863. The molecule has 1 aliphatic rings. The Kier molecular flexibility index (Phi) is 4.84. The maximum Gasteiger partial charge on any atom is 0.141 e. The Balaban J connectivity index is 1.83. The summed E-state index contributed by atoms with van der Waals surface area (Å²) in [5.41, 5.74) is 2.32. The highest BCUT2D eigenvalue weighted by Crippen LogP contribution is 2.24. The highest BCUT2D eigenvalue weighted by atomic mass is 16.5. The summed E-state index contributed by atoms with van der Waals surface area (Å²) in [5, 5.41) is 3.44. The van der Waals surface area contributed by atoms with Gasteiger partial charge in [-0.1, -0.05) is 6.07 Å². The van der Waals surface area contributed by atoms with E-state index in [9.17, 15) is 0 Å². The summed E-state index contributed by atoms with van der Waals surface area (Å²) in [7, 11) is 1.71. The van der Waals surface area contributed by atoms with Crippen LogP contribution in [0.4, 0.5) is 5.69 Å². The van der Waals surface area contributed by atoms with E-state index in [0.29, 0.717) is 0 Å². The smallest absolute Gasteiger partial charge is 0.141 e. The van der Waals surface area contributed by atoms with Gasteiger partial charge in [0, 0.05) is 26.2 Å². The van der Waals surface area contributed by atoms with Crippen molar-refractivity contribution in [3.63, 3.8) is 0 Å². The number of ether oxygens (including phenoxy) is 2. The molecule has 0 spiro atoms. The fraction of sp³-hybridized carbons (Fsp3) is 0.571. The molecule has 0 aromatic heterocycles. The normalized spacial score (nSPS) is 16.6. The maximum absolute atomic E-state index is 5.35. The van der Waals surface area contributed by atoms with Crippen molar-refractivity contribution in [1.29, 1.82) is 0 Å². The zero-order valence-electron chi connectivity index (χ0n) is 11.2. The molecule has 0 amide bonds. The Morgan fingerprint density at radius 3 is 2.83 bits per heavy atom. The van der Waals surface area contributed by atoms with Gasteiger partial charge in [0.15, 0.2) is 0 Å². The molecule has 1 aromatic carbocycles. The second-order valence-corrected chi connectivity index (χ2v) is 4.58. The van der Waals surface area contributed by atoms with Crippen molar-refractivity contribution in [2.45, 2.75) is 6.92 Å². The van der Waals surface area contributed by atoms with E-state index in [1.807, 2.05) is 6.07 Å². The van der Waals surface area contributed by atoms with Crippen LogP contribution in [-0.2, 0) is 4.74 Å². The van der Waals surface area contributed by atoms with Gasteiger partial charge in [0.2, 0.25) is 0 Å². The lowest BCUT2D eigenvalue weighted by molar-refractivity contribution is 0.0398. The van der Waals surface area contributed by atoms with Gasteiger partial charge in [-0.3, -0.25) is 4.90 Å². The van der Waals surface area contributed by atoms with Gasteiger partial charge in [0.25, 0.3) is 0 Å². The Bertz CT molecular complexity index is 376. The van der Waals surface area contributed by atoms with Crippen LogP contribution in [0.1, 0.15) is 5.56 Å². The van der Waals surface area contributed by atoms with Gasteiger partial charge < -0.3 is 14.8 Å². The number of hydrogen-bond acceptors (Lipinski definition) is 4. The summed E-state index contributed by atoms with van der Waals surface area (Å²) in [6, 6.07) is 6.19. The largest absolute Gasteiger partial charge is 0.495 e. The zero-order chi connectivity index (χ0) is 12.8. The van der Waals surface area contributed by atoms with Crippen LogP contribution in [0.5, 0.6) is 5.75 Å². The number of benzene rings is 1. The van der Waals surface area contributed by atoms with Gasteiger partial charge in [-0.2, -0.15) is 0 Å². The Morgan fingerprint density at radius 2 is 2.11 bits per heavy atom. The molecule has 1 N–H and O–H groups in total. The zero-order valence-corrected chi connectivity index (χ0v) is 11.2. The summed E-state index contributed by atoms with van der Waals surface area (Å²) >= 11 is 0. The molecule has 1 fully saturated rings. The van der Waals surface area contributed by atoms with Crippen LogP contribution in [0.25, 0.3) is 0 Å². The molecule has 2 rings (SSSR count). The topological polar surface area (TPSA) is 33.7 Å². The lowest BCUT2D eigenvalue weighted by Gasteiger charge is -2.26. The van der Waals surface area contributed by atoms with Gasteiger partial charge in [-0.15, -0.1) is 0 Å². The van der Waals surface area contributed by atoms with Crippen molar-refractivity contribution in [3.8, 4) is 5.75 Å². The SMILES string of the molecule is COc1ccc(C)cc1NCCN1CCOCC1. The summed E-state index contributed by atoms with van der Waals surface area (Å²) in [5.74, 6) is 0.905. The summed E-state index contributed by atoms with van der Waals surface area (Å²) in [6.45, 7) is 7.84. The molecule has 0 aliphatic carbocycles. The van der Waals surface area contributed by atoms with Gasteiger partial charge in [-0.05, 0) is 24.6 Å². The standard InChI is InChI=1S/C14H22N2O2/c1-12-3-4-14(17-2)13(11-12)15-5-6-16-7-9-18-10-8-16/h3-4,11,15H,5-10H2,1-2H3. The molecule has 1 aliphatic heterocycles. The van der Waals surface area contributed by atoms with Gasteiger partial charge in [-0.25, -0.2) is 0 Å². The van der Waals surface area contributed by atoms with Crippen molar-refractivity contribution in [3.05, 3.63) is 23.8 Å². The minimum Gasteiger partial charge on any atom is -0.495 e. The lowest BCUT2D eigenvalue weighted by atomic mass is 10.2. The average molecular weight is 250 g/mol. The van der Waals surface area contributed by atoms with Crippen LogP contribution in [0, 0.1) is 6.92 Å². The Labute approximate surface area is 109 Å². The second kappa shape index (κ2) is 6.61. The molecule has 18 heavy (non-hydrogen) atoms. The lowest BCUT2D eigenvalue weighted by Crippen LogP contribution is -2.39. The molecule has 100 valence electrons. The van der Waals surface area contributed by atoms with E-state index < -0.39 is 0 Å². The van der Waals surface area contributed by atoms with E-state index in [0.717, 1.165) is 50.8 Å². The molecule has 0 bridgehead atoms. The predicted octanol–water partition coefficient (Wildman–Crippen LogP) is 1.75. The minimum atomic E-state index is 0.855. The van der Waals surface area contributed by atoms with Crippen molar-refractivity contribution in [2.24, 2.45) is 0 Å².